The molecule has 0 N–H and O–H groups in total. The van der Waals surface area contributed by atoms with Crippen LogP contribution in [0.1, 0.15) is 0 Å². The van der Waals surface area contributed by atoms with E-state index in [9.17, 15) is 28.8 Å². The monoisotopic (exact) mass is 840 g/mol. The van der Waals surface area contributed by atoms with Crippen LogP contribution in [0.15, 0.2) is 174 Å². The van der Waals surface area contributed by atoms with Crippen molar-refractivity contribution in [1.82, 2.24) is 0 Å². The molecule has 0 spiro atoms. The number of benzene rings is 9. The van der Waals surface area contributed by atoms with Crippen molar-refractivity contribution in [1.29, 1.82) is 0 Å². The maximum absolute atomic E-state index is 14.2. The lowest BCUT2D eigenvalue weighted by molar-refractivity contribution is 1.69. The summed E-state index contributed by atoms with van der Waals surface area (Å²) in [5.41, 5.74) is 3.72. The summed E-state index contributed by atoms with van der Waals surface area (Å²) in [6.07, 6.45) is 0. The molecular weight excluding hydrogens is 817 g/mol. The molecule has 0 amide bonds. The molecule has 0 radical (unpaired) electrons. The molecule has 300 valence electrons. The quantitative estimate of drug-likeness (QED) is 0.151. The molecule has 0 aliphatic heterocycles. The summed E-state index contributed by atoms with van der Waals surface area (Å²) in [6, 6.07) is 45.7. The first kappa shape index (κ1) is 34.5. The molecule has 0 saturated heterocycles. The molecule has 0 atom stereocenters. The van der Waals surface area contributed by atoms with Crippen LogP contribution in [-0.4, -0.2) is 0 Å². The Hall–Kier alpha value is -9.00. The third kappa shape index (κ3) is 3.97. The van der Waals surface area contributed by atoms with Crippen molar-refractivity contribution >= 4 is 129 Å². The topological polar surface area (TPSA) is 102 Å². The lowest BCUT2D eigenvalue weighted by atomic mass is 10.00. The molecule has 6 nitrogen and oxygen atoms in total. The summed E-state index contributed by atoms with van der Waals surface area (Å²) in [4.78, 5) is 85.2. The van der Waals surface area contributed by atoms with E-state index < -0.39 is 0 Å². The Morgan fingerprint density at radius 2 is 0.273 bits per heavy atom. The van der Waals surface area contributed by atoms with Crippen LogP contribution < -0.4 is 32.6 Å². The van der Waals surface area contributed by atoms with E-state index in [1.54, 1.807) is 18.2 Å². The maximum Gasteiger partial charge on any atom is 0.194 e. The standard InChI is InChI=1S/C60H24O6/c61-55-43-13-25-1-7-31(43)37-19-38-33-9-3-27(15-45(33)57(63)50(38)22-49(37)55)28-5-11-35-41-21-42-36-12-6-30(18-48(36)60(66)54(42)24-53(41)59(65)47(35)16-28)29-4-10-34-40-20-39-32-8-2-26(25)14-44(32)56(62)51(39)23-52(40)58(64)46(34)17-29/h1-24H. The summed E-state index contributed by atoms with van der Waals surface area (Å²) < 4.78 is 0. The molecule has 30 bridgehead atoms. The summed E-state index contributed by atoms with van der Waals surface area (Å²) >= 11 is 0. The molecule has 66 heavy (non-hydrogen) atoms. The van der Waals surface area contributed by atoms with E-state index in [-0.39, 0.29) is 32.6 Å². The minimum Gasteiger partial charge on any atom is -0.289 e. The van der Waals surface area contributed by atoms with Crippen molar-refractivity contribution in [3.63, 3.8) is 0 Å². The second-order valence-corrected chi connectivity index (χ2v) is 18.4. The van der Waals surface area contributed by atoms with Crippen LogP contribution in [0.3, 0.4) is 0 Å². The van der Waals surface area contributed by atoms with Crippen molar-refractivity contribution in [2.24, 2.45) is 0 Å². The van der Waals surface area contributed by atoms with Crippen molar-refractivity contribution in [3.05, 3.63) is 207 Å². The lowest BCUT2D eigenvalue weighted by Crippen LogP contribution is -1.97. The van der Waals surface area contributed by atoms with Crippen LogP contribution in [0, 0.1) is 0 Å². The SMILES string of the molecule is O=c1c2cc3ccc2c2cc4c(cc12)c(=O)c1cc(ccc14)-c1ccc2c(c1)c(=O)c1cc4c(=O)c5cc(ccc5c4cc12)-c1ccc2c(c1)c(=O)c1cc4c(=O)c5cc-3ccc5c4cc12. The maximum atomic E-state index is 14.2. The Balaban J connectivity index is 0.996. The van der Waals surface area contributed by atoms with Crippen molar-refractivity contribution in [2.45, 2.75) is 0 Å². The van der Waals surface area contributed by atoms with Gasteiger partial charge in [-0.3, -0.25) is 28.8 Å². The van der Waals surface area contributed by atoms with Gasteiger partial charge in [0.05, 0.1) is 0 Å². The molecule has 15 aromatic rings. The van der Waals surface area contributed by atoms with Gasteiger partial charge in [0.25, 0.3) is 0 Å². The molecule has 6 heteroatoms. The van der Waals surface area contributed by atoms with Crippen molar-refractivity contribution in [3.8, 4) is 33.4 Å². The molecule has 0 unspecified atom stereocenters. The van der Waals surface area contributed by atoms with E-state index in [0.717, 1.165) is 98.0 Å². The third-order valence-electron chi connectivity index (χ3n) is 15.3. The Labute approximate surface area is 368 Å². The Morgan fingerprint density at radius 3 is 0.439 bits per heavy atom. The van der Waals surface area contributed by atoms with Crippen LogP contribution >= 0.6 is 0 Å². The van der Waals surface area contributed by atoms with E-state index in [0.29, 0.717) is 64.6 Å². The Kier molecular flexibility index (Phi) is 5.85. The molecule has 32 rings (SSSR count). The first-order valence-electron chi connectivity index (χ1n) is 21.9. The minimum absolute atomic E-state index is 0.164. The molecule has 0 aromatic heterocycles. The van der Waals surface area contributed by atoms with E-state index in [4.69, 9.17) is 0 Å². The van der Waals surface area contributed by atoms with Gasteiger partial charge >= 0.3 is 0 Å². The van der Waals surface area contributed by atoms with E-state index in [1.807, 2.05) is 127 Å². The first-order chi connectivity index (χ1) is 32.2. The molecule has 0 saturated carbocycles. The highest BCUT2D eigenvalue weighted by Gasteiger charge is 2.22. The summed E-state index contributed by atoms with van der Waals surface area (Å²) in [6.45, 7) is 0. The van der Waals surface area contributed by atoms with Gasteiger partial charge in [0, 0.05) is 64.6 Å². The van der Waals surface area contributed by atoms with Crippen LogP contribution in [0.5, 0.6) is 0 Å². The molecular formula is C60H24O6. The van der Waals surface area contributed by atoms with Crippen LogP contribution in [-0.2, 0) is 0 Å². The molecule has 0 fully saturated rings. The fraction of sp³-hybridized carbons (Fsp3) is 0. The highest BCUT2D eigenvalue weighted by Crippen LogP contribution is 2.40. The zero-order valence-corrected chi connectivity index (χ0v) is 34.3. The average molecular weight is 841 g/mol. The van der Waals surface area contributed by atoms with E-state index in [2.05, 4.69) is 0 Å². The predicted octanol–water partition coefficient (Wildman–Crippen LogP) is 11.6. The normalized spacial score (nSPS) is 12.9. The van der Waals surface area contributed by atoms with Gasteiger partial charge in [-0.15, -0.1) is 0 Å². The largest absolute Gasteiger partial charge is 0.289 e. The Bertz CT molecular complexity index is 4400. The summed E-state index contributed by atoms with van der Waals surface area (Å²) in [5.74, 6) is 0. The fourth-order valence-corrected chi connectivity index (χ4v) is 12.0. The Morgan fingerprint density at radius 1 is 0.136 bits per heavy atom. The van der Waals surface area contributed by atoms with Crippen molar-refractivity contribution in [2.75, 3.05) is 0 Å². The third-order valence-corrected chi connectivity index (χ3v) is 15.3. The fourth-order valence-electron chi connectivity index (χ4n) is 12.0. The molecule has 17 aliphatic carbocycles. The average Bonchev–Trinajstić information content (AvgIpc) is 4.13. The van der Waals surface area contributed by atoms with Crippen LogP contribution in [0.4, 0.5) is 0 Å². The van der Waals surface area contributed by atoms with Gasteiger partial charge in [0.1, 0.15) is 0 Å². The van der Waals surface area contributed by atoms with Gasteiger partial charge in [-0.25, -0.2) is 0 Å². The van der Waals surface area contributed by atoms with Gasteiger partial charge in [-0.05, 0) is 171 Å². The second-order valence-electron chi connectivity index (χ2n) is 18.4. The second kappa shape index (κ2) is 11.2. The van der Waals surface area contributed by atoms with Crippen LogP contribution in [0.2, 0.25) is 0 Å². The highest BCUT2D eigenvalue weighted by molar-refractivity contribution is 6.25. The van der Waals surface area contributed by atoms with Gasteiger partial charge < -0.3 is 0 Å². The lowest BCUT2D eigenvalue weighted by Gasteiger charge is -2.04. The highest BCUT2D eigenvalue weighted by atomic mass is 16.1. The minimum atomic E-state index is -0.164. The molecule has 0 heterocycles. The number of rotatable bonds is 0. The predicted molar refractivity (Wildman–Crippen MR) is 271 cm³/mol. The summed E-state index contributed by atoms with van der Waals surface area (Å²) in [5, 5.41) is 15.4. The van der Waals surface area contributed by atoms with E-state index >= 15 is 0 Å². The van der Waals surface area contributed by atoms with Gasteiger partial charge in [-0.2, -0.15) is 0 Å². The summed E-state index contributed by atoms with van der Waals surface area (Å²) in [7, 11) is 0. The van der Waals surface area contributed by atoms with E-state index in [1.165, 1.54) is 0 Å². The molecule has 15 aromatic carbocycles. The number of hydrogen-bond donors (Lipinski definition) is 0. The zero-order valence-electron chi connectivity index (χ0n) is 34.3. The smallest absolute Gasteiger partial charge is 0.194 e. The van der Waals surface area contributed by atoms with Gasteiger partial charge in [0.2, 0.25) is 0 Å². The number of hydrogen-bond acceptors (Lipinski definition) is 6. The van der Waals surface area contributed by atoms with Crippen LogP contribution in [0.25, 0.3) is 163 Å². The first-order valence-corrected chi connectivity index (χ1v) is 21.9. The zero-order chi connectivity index (χ0) is 43.8. The molecule has 17 aliphatic rings. The van der Waals surface area contributed by atoms with Gasteiger partial charge in [0.15, 0.2) is 32.6 Å². The van der Waals surface area contributed by atoms with Gasteiger partial charge in [-0.1, -0.05) is 72.8 Å². The van der Waals surface area contributed by atoms with Crippen molar-refractivity contribution < 1.29 is 0 Å².